The van der Waals surface area contributed by atoms with Gasteiger partial charge in [-0.3, -0.25) is 4.79 Å². The summed E-state index contributed by atoms with van der Waals surface area (Å²) in [5.74, 6) is 0.200. The molecule has 2 aliphatic heterocycles. The molecular formula is C31H29NO3. The van der Waals surface area contributed by atoms with Gasteiger partial charge in [0.1, 0.15) is 6.61 Å². The lowest BCUT2D eigenvalue weighted by Crippen LogP contribution is -2.48. The summed E-state index contributed by atoms with van der Waals surface area (Å²) in [7, 11) is 0. The number of hydrogen-bond acceptors (Lipinski definition) is 3. The van der Waals surface area contributed by atoms with Gasteiger partial charge in [0, 0.05) is 29.5 Å². The molecule has 4 heteroatoms. The highest BCUT2D eigenvalue weighted by Crippen LogP contribution is 2.45. The Morgan fingerprint density at radius 3 is 2.00 bits per heavy atom. The predicted octanol–water partition coefficient (Wildman–Crippen LogP) is 6.70. The topological polar surface area (TPSA) is 46.6 Å². The van der Waals surface area contributed by atoms with Gasteiger partial charge in [0.2, 0.25) is 0 Å². The SMILES string of the molecule is C=Cc1ccc(C(=O)C2CC3CCC(C2)N3C(=O)OCC2c3ccccc3-c3ccccc32)cc1. The Morgan fingerprint density at radius 1 is 0.857 bits per heavy atom. The van der Waals surface area contributed by atoms with Crippen LogP contribution in [0.1, 0.15) is 58.6 Å². The predicted molar refractivity (Wildman–Crippen MR) is 137 cm³/mol. The second-order valence-corrected chi connectivity index (χ2v) is 9.95. The highest BCUT2D eigenvalue weighted by molar-refractivity contribution is 5.98. The lowest BCUT2D eigenvalue weighted by Gasteiger charge is -2.37. The Kier molecular flexibility index (Phi) is 5.52. The largest absolute Gasteiger partial charge is 0.448 e. The molecule has 0 aromatic heterocycles. The lowest BCUT2D eigenvalue weighted by molar-refractivity contribution is 0.0506. The molecule has 1 aliphatic carbocycles. The molecule has 0 N–H and O–H groups in total. The zero-order chi connectivity index (χ0) is 23.9. The minimum atomic E-state index is -0.236. The van der Waals surface area contributed by atoms with Crippen molar-refractivity contribution in [3.63, 3.8) is 0 Å². The highest BCUT2D eigenvalue weighted by atomic mass is 16.6. The molecule has 2 heterocycles. The zero-order valence-corrected chi connectivity index (χ0v) is 19.7. The number of fused-ring (bicyclic) bond motifs is 5. The monoisotopic (exact) mass is 463 g/mol. The van der Waals surface area contributed by atoms with Gasteiger partial charge in [-0.2, -0.15) is 0 Å². The van der Waals surface area contributed by atoms with Crippen molar-refractivity contribution >= 4 is 18.0 Å². The summed E-state index contributed by atoms with van der Waals surface area (Å²) in [5, 5.41) is 0. The molecule has 2 fully saturated rings. The van der Waals surface area contributed by atoms with E-state index in [1.807, 2.05) is 41.3 Å². The maximum Gasteiger partial charge on any atom is 0.410 e. The normalized spacial score (nSPS) is 22.4. The van der Waals surface area contributed by atoms with Crippen molar-refractivity contribution < 1.29 is 14.3 Å². The number of benzene rings is 3. The highest BCUT2D eigenvalue weighted by Gasteiger charge is 2.46. The first-order valence-electron chi connectivity index (χ1n) is 12.5. The minimum Gasteiger partial charge on any atom is -0.448 e. The minimum absolute atomic E-state index is 0.0419. The Bertz CT molecular complexity index is 1240. The van der Waals surface area contributed by atoms with E-state index in [1.165, 1.54) is 22.3 Å². The fraction of sp³-hybridized carbons (Fsp3) is 0.290. The third kappa shape index (κ3) is 3.78. The summed E-state index contributed by atoms with van der Waals surface area (Å²) >= 11 is 0. The van der Waals surface area contributed by atoms with E-state index >= 15 is 0 Å². The van der Waals surface area contributed by atoms with E-state index in [1.54, 1.807) is 6.08 Å². The molecule has 1 amide bonds. The van der Waals surface area contributed by atoms with Crippen LogP contribution in [0.2, 0.25) is 0 Å². The molecule has 2 atom stereocenters. The molecule has 35 heavy (non-hydrogen) atoms. The molecule has 0 radical (unpaired) electrons. The number of ketones is 1. The lowest BCUT2D eigenvalue weighted by atomic mass is 9.85. The second kappa shape index (κ2) is 8.84. The number of piperidine rings is 1. The summed E-state index contributed by atoms with van der Waals surface area (Å²) in [5.41, 5.74) is 6.64. The summed E-state index contributed by atoms with van der Waals surface area (Å²) in [4.78, 5) is 28.4. The molecule has 176 valence electrons. The number of ether oxygens (including phenoxy) is 1. The van der Waals surface area contributed by atoms with Crippen molar-refractivity contribution in [1.29, 1.82) is 0 Å². The number of hydrogen-bond donors (Lipinski definition) is 0. The quantitative estimate of drug-likeness (QED) is 0.395. The van der Waals surface area contributed by atoms with Gasteiger partial charge in [0.15, 0.2) is 5.78 Å². The van der Waals surface area contributed by atoms with Crippen LogP contribution in [0.25, 0.3) is 17.2 Å². The molecule has 0 spiro atoms. The van der Waals surface area contributed by atoms with Gasteiger partial charge in [0.25, 0.3) is 0 Å². The van der Waals surface area contributed by atoms with Crippen molar-refractivity contribution in [2.45, 2.75) is 43.7 Å². The van der Waals surface area contributed by atoms with Crippen LogP contribution in [0.15, 0.2) is 79.4 Å². The van der Waals surface area contributed by atoms with Crippen molar-refractivity contribution in [2.75, 3.05) is 6.61 Å². The Labute approximate surface area is 206 Å². The number of Topliss-reactive ketones (excluding diaryl/α,β-unsaturated/α-hetero) is 1. The van der Waals surface area contributed by atoms with Crippen LogP contribution in [-0.4, -0.2) is 35.5 Å². The molecule has 6 rings (SSSR count). The molecule has 3 aromatic carbocycles. The van der Waals surface area contributed by atoms with Gasteiger partial charge in [-0.1, -0.05) is 85.5 Å². The van der Waals surface area contributed by atoms with E-state index < -0.39 is 0 Å². The summed E-state index contributed by atoms with van der Waals surface area (Å²) in [6.45, 7) is 4.11. The third-order valence-corrected chi connectivity index (χ3v) is 8.08. The fourth-order valence-corrected chi connectivity index (χ4v) is 6.38. The van der Waals surface area contributed by atoms with Crippen LogP contribution in [0.3, 0.4) is 0 Å². The van der Waals surface area contributed by atoms with Crippen molar-refractivity contribution in [2.24, 2.45) is 5.92 Å². The smallest absolute Gasteiger partial charge is 0.410 e. The van der Waals surface area contributed by atoms with Crippen molar-refractivity contribution in [3.8, 4) is 11.1 Å². The first-order chi connectivity index (χ1) is 17.1. The summed E-state index contributed by atoms with van der Waals surface area (Å²) < 4.78 is 5.96. The molecular weight excluding hydrogens is 434 g/mol. The standard InChI is InChI=1S/C31H29NO3/c1-2-20-11-13-21(14-12-20)30(33)22-17-23-15-16-24(18-22)32(23)31(34)35-19-29-27-9-5-3-7-25(27)26-8-4-6-10-28(26)29/h2-14,22-24,29H,1,15-19H2. The van der Waals surface area contributed by atoms with Gasteiger partial charge >= 0.3 is 6.09 Å². The molecule has 0 saturated carbocycles. The molecule has 2 unspecified atom stereocenters. The van der Waals surface area contributed by atoms with Gasteiger partial charge in [-0.25, -0.2) is 4.79 Å². The van der Waals surface area contributed by atoms with Crippen LogP contribution < -0.4 is 0 Å². The van der Waals surface area contributed by atoms with E-state index in [2.05, 4.69) is 43.0 Å². The third-order valence-electron chi connectivity index (χ3n) is 8.08. The van der Waals surface area contributed by atoms with Gasteiger partial charge in [0.05, 0.1) is 0 Å². The average molecular weight is 464 g/mol. The zero-order valence-electron chi connectivity index (χ0n) is 19.7. The van der Waals surface area contributed by atoms with E-state index in [-0.39, 0.29) is 35.8 Å². The Morgan fingerprint density at radius 2 is 1.43 bits per heavy atom. The van der Waals surface area contributed by atoms with Crippen LogP contribution in [0.5, 0.6) is 0 Å². The summed E-state index contributed by atoms with van der Waals surface area (Å²) in [6.07, 6.45) is 4.84. The van der Waals surface area contributed by atoms with E-state index in [0.717, 1.165) is 24.0 Å². The average Bonchev–Trinajstić information content (AvgIpc) is 3.37. The first kappa shape index (κ1) is 21.8. The van der Waals surface area contributed by atoms with Crippen LogP contribution in [0, 0.1) is 5.92 Å². The maximum atomic E-state index is 13.3. The Hall–Kier alpha value is -3.66. The fourth-order valence-electron chi connectivity index (χ4n) is 6.38. The second-order valence-electron chi connectivity index (χ2n) is 9.95. The maximum absolute atomic E-state index is 13.3. The first-order valence-corrected chi connectivity index (χ1v) is 12.5. The molecule has 3 aromatic rings. The van der Waals surface area contributed by atoms with Crippen LogP contribution in [-0.2, 0) is 4.74 Å². The molecule has 2 saturated heterocycles. The number of carbonyl (C=O) groups is 2. The van der Waals surface area contributed by atoms with Crippen LogP contribution >= 0.6 is 0 Å². The number of amides is 1. The summed E-state index contributed by atoms with van der Waals surface area (Å²) in [6, 6.07) is 24.6. The Balaban J connectivity index is 1.13. The molecule has 3 aliphatic rings. The van der Waals surface area contributed by atoms with Gasteiger partial charge < -0.3 is 9.64 Å². The van der Waals surface area contributed by atoms with E-state index in [4.69, 9.17) is 4.74 Å². The van der Waals surface area contributed by atoms with Gasteiger partial charge in [-0.05, 0) is 53.5 Å². The van der Waals surface area contributed by atoms with E-state index in [0.29, 0.717) is 19.4 Å². The molecule has 4 nitrogen and oxygen atoms in total. The van der Waals surface area contributed by atoms with Crippen LogP contribution in [0.4, 0.5) is 4.79 Å². The number of carbonyl (C=O) groups excluding carboxylic acids is 2. The van der Waals surface area contributed by atoms with Gasteiger partial charge in [-0.15, -0.1) is 0 Å². The van der Waals surface area contributed by atoms with Crippen molar-refractivity contribution in [1.82, 2.24) is 4.90 Å². The number of rotatable bonds is 5. The number of nitrogens with zero attached hydrogens (tertiary/aromatic N) is 1. The van der Waals surface area contributed by atoms with E-state index in [9.17, 15) is 9.59 Å². The molecule has 2 bridgehead atoms. The van der Waals surface area contributed by atoms with Crippen molar-refractivity contribution in [3.05, 3.63) is 102 Å².